The number of amides is 1. The van der Waals surface area contributed by atoms with Gasteiger partial charge in [-0.25, -0.2) is 0 Å². The lowest BCUT2D eigenvalue weighted by molar-refractivity contribution is 0.102. The predicted molar refractivity (Wildman–Crippen MR) is 93.3 cm³/mol. The average Bonchev–Trinajstić information content (AvgIpc) is 3.18. The van der Waals surface area contributed by atoms with Crippen LogP contribution in [0.15, 0.2) is 24.3 Å². The van der Waals surface area contributed by atoms with Gasteiger partial charge in [0.2, 0.25) is 0 Å². The number of rotatable bonds is 3. The van der Waals surface area contributed by atoms with E-state index in [4.69, 9.17) is 11.6 Å². The Morgan fingerprint density at radius 2 is 2.00 bits per heavy atom. The molecule has 0 aliphatic heterocycles. The first-order chi connectivity index (χ1) is 10.8. The van der Waals surface area contributed by atoms with E-state index in [1.54, 1.807) is 0 Å². The second-order valence-electron chi connectivity index (χ2n) is 7.25. The first-order valence-electron chi connectivity index (χ1n) is 7.93. The Kier molecular flexibility index (Phi) is 3.96. The minimum atomic E-state index is -0.222. The number of hydrogen-bond acceptors (Lipinski definition) is 2. The molecule has 0 unspecified atom stereocenters. The third-order valence-corrected chi connectivity index (χ3v) is 4.29. The predicted octanol–water partition coefficient (Wildman–Crippen LogP) is 4.73. The zero-order valence-corrected chi connectivity index (χ0v) is 14.7. The summed E-state index contributed by atoms with van der Waals surface area (Å²) >= 11 is 6.19. The molecule has 0 atom stereocenters. The van der Waals surface area contributed by atoms with E-state index in [2.05, 4.69) is 31.2 Å². The highest BCUT2D eigenvalue weighted by molar-refractivity contribution is 6.34. The Hall–Kier alpha value is -1.81. The Morgan fingerprint density at radius 3 is 2.57 bits per heavy atom. The molecule has 1 aromatic carbocycles. The van der Waals surface area contributed by atoms with Crippen LogP contribution < -0.4 is 5.32 Å². The number of carbonyl (C=O) groups excluding carboxylic acids is 1. The maximum Gasteiger partial charge on any atom is 0.276 e. The molecule has 1 N–H and O–H groups in total. The lowest BCUT2D eigenvalue weighted by Crippen LogP contribution is -2.25. The molecule has 1 amide bonds. The maximum absolute atomic E-state index is 12.5. The molecule has 2 aromatic rings. The van der Waals surface area contributed by atoms with E-state index in [1.165, 1.54) is 12.8 Å². The number of aryl methyl sites for hydroxylation is 1. The minimum absolute atomic E-state index is 0.141. The zero-order valence-electron chi connectivity index (χ0n) is 14.0. The first-order valence-corrected chi connectivity index (χ1v) is 8.31. The second kappa shape index (κ2) is 5.68. The van der Waals surface area contributed by atoms with E-state index < -0.39 is 0 Å². The van der Waals surface area contributed by atoms with Crippen LogP contribution in [0.4, 0.5) is 5.69 Å². The third-order valence-electron chi connectivity index (χ3n) is 3.97. The van der Waals surface area contributed by atoms with Crippen molar-refractivity contribution < 1.29 is 4.79 Å². The Bertz CT molecular complexity index is 754. The van der Waals surface area contributed by atoms with Gasteiger partial charge < -0.3 is 5.32 Å². The van der Waals surface area contributed by atoms with Crippen molar-refractivity contribution in [1.29, 1.82) is 0 Å². The molecule has 0 saturated heterocycles. The number of hydrogen-bond donors (Lipinski definition) is 1. The van der Waals surface area contributed by atoms with Crippen molar-refractivity contribution in [2.24, 2.45) is 0 Å². The topological polar surface area (TPSA) is 46.9 Å². The van der Waals surface area contributed by atoms with Gasteiger partial charge in [-0.1, -0.05) is 17.7 Å². The molecule has 1 aromatic heterocycles. The van der Waals surface area contributed by atoms with Crippen molar-refractivity contribution in [1.82, 2.24) is 9.78 Å². The van der Waals surface area contributed by atoms with Crippen LogP contribution in [0.25, 0.3) is 0 Å². The molecule has 1 fully saturated rings. The van der Waals surface area contributed by atoms with E-state index in [1.807, 2.05) is 35.9 Å². The summed E-state index contributed by atoms with van der Waals surface area (Å²) < 4.78 is 1.98. The van der Waals surface area contributed by atoms with Gasteiger partial charge in [0.25, 0.3) is 5.91 Å². The highest BCUT2D eigenvalue weighted by Gasteiger charge is 2.32. The average molecular weight is 332 g/mol. The lowest BCUT2D eigenvalue weighted by Gasteiger charge is -2.22. The van der Waals surface area contributed by atoms with Crippen molar-refractivity contribution in [3.63, 3.8) is 0 Å². The molecule has 122 valence electrons. The maximum atomic E-state index is 12.5. The van der Waals surface area contributed by atoms with Crippen molar-refractivity contribution in [3.8, 4) is 0 Å². The van der Waals surface area contributed by atoms with Gasteiger partial charge >= 0.3 is 0 Å². The molecular formula is C18H22ClN3O. The number of nitrogens with zero attached hydrogens (tertiary/aromatic N) is 2. The van der Waals surface area contributed by atoms with Gasteiger partial charge in [-0.2, -0.15) is 5.10 Å². The second-order valence-corrected chi connectivity index (χ2v) is 7.66. The van der Waals surface area contributed by atoms with Crippen LogP contribution in [0, 0.1) is 6.92 Å². The number of aromatic nitrogens is 2. The lowest BCUT2D eigenvalue weighted by atomic mass is 10.1. The number of nitrogens with one attached hydrogen (secondary N) is 1. The van der Waals surface area contributed by atoms with E-state index >= 15 is 0 Å². The fourth-order valence-electron chi connectivity index (χ4n) is 2.62. The minimum Gasteiger partial charge on any atom is -0.319 e. The van der Waals surface area contributed by atoms with Crippen LogP contribution in [0.5, 0.6) is 0 Å². The summed E-state index contributed by atoms with van der Waals surface area (Å²) in [4.78, 5) is 12.5. The number of halogens is 1. The quantitative estimate of drug-likeness (QED) is 0.883. The van der Waals surface area contributed by atoms with E-state index in [0.717, 1.165) is 11.3 Å². The molecule has 3 rings (SSSR count). The van der Waals surface area contributed by atoms with Gasteiger partial charge in [0.05, 0.1) is 16.2 Å². The monoisotopic (exact) mass is 331 g/mol. The Labute approximate surface area is 141 Å². The van der Waals surface area contributed by atoms with Crippen molar-refractivity contribution in [2.75, 3.05) is 5.32 Å². The molecule has 1 saturated carbocycles. The van der Waals surface area contributed by atoms with Crippen molar-refractivity contribution in [2.45, 2.75) is 52.0 Å². The van der Waals surface area contributed by atoms with Gasteiger partial charge in [-0.15, -0.1) is 0 Å². The standard InChI is InChI=1S/C18H22ClN3O/c1-11-5-8-14(13(19)9-11)20-17(23)15-10-16(12-6-7-12)22(21-15)18(2,3)4/h5,8-10,12H,6-7H2,1-4H3,(H,20,23). The van der Waals surface area contributed by atoms with E-state index in [-0.39, 0.29) is 11.4 Å². The van der Waals surface area contributed by atoms with Gasteiger partial charge in [-0.05, 0) is 64.3 Å². The van der Waals surface area contributed by atoms with Crippen LogP contribution in [-0.4, -0.2) is 15.7 Å². The fraction of sp³-hybridized carbons (Fsp3) is 0.444. The highest BCUT2D eigenvalue weighted by Crippen LogP contribution is 2.41. The summed E-state index contributed by atoms with van der Waals surface area (Å²) in [7, 11) is 0. The van der Waals surface area contributed by atoms with Gasteiger partial charge in [-0.3, -0.25) is 9.48 Å². The summed E-state index contributed by atoms with van der Waals surface area (Å²) in [5, 5.41) is 7.94. The summed E-state index contributed by atoms with van der Waals surface area (Å²) in [5.74, 6) is 0.312. The van der Waals surface area contributed by atoms with Crippen LogP contribution in [-0.2, 0) is 5.54 Å². The smallest absolute Gasteiger partial charge is 0.276 e. The molecule has 0 bridgehead atoms. The zero-order chi connectivity index (χ0) is 16.8. The molecule has 0 spiro atoms. The van der Waals surface area contributed by atoms with Crippen LogP contribution in [0.2, 0.25) is 5.02 Å². The van der Waals surface area contributed by atoms with Crippen LogP contribution >= 0.6 is 11.6 Å². The number of anilines is 1. The molecule has 5 heteroatoms. The van der Waals surface area contributed by atoms with Crippen molar-refractivity contribution in [3.05, 3.63) is 46.2 Å². The van der Waals surface area contributed by atoms with Crippen LogP contribution in [0.1, 0.15) is 61.3 Å². The largest absolute Gasteiger partial charge is 0.319 e. The highest BCUT2D eigenvalue weighted by atomic mass is 35.5. The fourth-order valence-corrected chi connectivity index (χ4v) is 2.90. The summed E-state index contributed by atoms with van der Waals surface area (Å²) in [6.45, 7) is 8.27. The third kappa shape index (κ3) is 3.42. The number of benzene rings is 1. The van der Waals surface area contributed by atoms with Gasteiger partial charge in [0, 0.05) is 11.6 Å². The van der Waals surface area contributed by atoms with Crippen molar-refractivity contribution >= 4 is 23.2 Å². The van der Waals surface area contributed by atoms with Gasteiger partial charge in [0.15, 0.2) is 5.69 Å². The molecule has 4 nitrogen and oxygen atoms in total. The molecule has 23 heavy (non-hydrogen) atoms. The van der Waals surface area contributed by atoms with E-state index in [9.17, 15) is 4.79 Å². The van der Waals surface area contributed by atoms with E-state index in [0.29, 0.717) is 22.3 Å². The summed E-state index contributed by atoms with van der Waals surface area (Å²) in [5.41, 5.74) is 3.12. The van der Waals surface area contributed by atoms with Crippen LogP contribution in [0.3, 0.4) is 0 Å². The summed E-state index contributed by atoms with van der Waals surface area (Å²) in [6, 6.07) is 7.49. The Morgan fingerprint density at radius 1 is 1.30 bits per heavy atom. The molecular weight excluding hydrogens is 310 g/mol. The first kappa shape index (κ1) is 16.1. The molecule has 0 radical (unpaired) electrons. The molecule has 1 aliphatic rings. The normalized spacial score (nSPS) is 14.8. The molecule has 1 aliphatic carbocycles. The SMILES string of the molecule is Cc1ccc(NC(=O)c2cc(C3CC3)n(C(C)(C)C)n2)c(Cl)c1. The Balaban J connectivity index is 1.88. The number of carbonyl (C=O) groups is 1. The summed E-state index contributed by atoms with van der Waals surface area (Å²) in [6.07, 6.45) is 2.35. The molecule has 1 heterocycles. The van der Waals surface area contributed by atoms with Gasteiger partial charge in [0.1, 0.15) is 0 Å².